The Morgan fingerprint density at radius 1 is 1.17 bits per heavy atom. The number of likely N-dealkylation sites (tertiary alicyclic amines) is 1. The lowest BCUT2D eigenvalue weighted by Gasteiger charge is -2.34. The van der Waals surface area contributed by atoms with E-state index in [1.54, 1.807) is 0 Å². The third-order valence-electron chi connectivity index (χ3n) is 3.76. The van der Waals surface area contributed by atoms with Crippen molar-refractivity contribution in [2.24, 2.45) is 11.7 Å². The predicted molar refractivity (Wildman–Crippen MR) is 74.5 cm³/mol. The first-order valence-corrected chi connectivity index (χ1v) is 7.38. The summed E-state index contributed by atoms with van der Waals surface area (Å²) in [5.41, 5.74) is 5.96. The monoisotopic (exact) mass is 258 g/mol. The predicted octanol–water partition coefficient (Wildman–Crippen LogP) is 1.83. The van der Waals surface area contributed by atoms with E-state index in [0.29, 0.717) is 12.0 Å². The van der Waals surface area contributed by atoms with Gasteiger partial charge in [-0.05, 0) is 52.6 Å². The molecule has 18 heavy (non-hydrogen) atoms. The Bertz CT molecular complexity index is 198. The molecule has 1 fully saturated rings. The van der Waals surface area contributed by atoms with Crippen LogP contribution in [0.25, 0.3) is 0 Å². The molecule has 1 unspecified atom stereocenters. The van der Waals surface area contributed by atoms with Crippen molar-refractivity contribution in [1.82, 2.24) is 4.90 Å². The van der Waals surface area contributed by atoms with Gasteiger partial charge in [0.2, 0.25) is 0 Å². The summed E-state index contributed by atoms with van der Waals surface area (Å²) < 4.78 is 11.1. The zero-order chi connectivity index (χ0) is 13.4. The first-order valence-electron chi connectivity index (χ1n) is 7.38. The quantitative estimate of drug-likeness (QED) is 0.675. The molecule has 2 N–H and O–H groups in total. The molecule has 108 valence electrons. The molecule has 0 spiro atoms. The molecule has 1 aliphatic heterocycles. The number of rotatable bonds is 8. The van der Waals surface area contributed by atoms with E-state index in [4.69, 9.17) is 15.2 Å². The maximum Gasteiger partial charge on any atom is 0.158 e. The van der Waals surface area contributed by atoms with Gasteiger partial charge >= 0.3 is 0 Å². The van der Waals surface area contributed by atoms with Crippen LogP contribution in [0, 0.1) is 5.92 Å². The van der Waals surface area contributed by atoms with Crippen LogP contribution in [0.1, 0.15) is 40.0 Å². The van der Waals surface area contributed by atoms with E-state index in [1.165, 1.54) is 12.8 Å². The summed E-state index contributed by atoms with van der Waals surface area (Å²) in [6, 6.07) is 0.340. The van der Waals surface area contributed by atoms with Gasteiger partial charge in [0, 0.05) is 32.2 Å². The minimum atomic E-state index is -0.0360. The van der Waals surface area contributed by atoms with Crippen molar-refractivity contribution in [3.63, 3.8) is 0 Å². The zero-order valence-corrected chi connectivity index (χ0v) is 12.2. The lowest BCUT2D eigenvalue weighted by molar-refractivity contribution is -0.142. The van der Waals surface area contributed by atoms with Gasteiger partial charge in [-0.3, -0.25) is 0 Å². The number of hydrogen-bond donors (Lipinski definition) is 1. The SMILES string of the molecule is CCOC(CCN1CCC(C(C)N)CC1)OCC. The van der Waals surface area contributed by atoms with Gasteiger partial charge < -0.3 is 20.1 Å². The van der Waals surface area contributed by atoms with Crippen molar-refractivity contribution >= 4 is 0 Å². The second kappa shape index (κ2) is 8.86. The largest absolute Gasteiger partial charge is 0.353 e. The van der Waals surface area contributed by atoms with Crippen LogP contribution in [0.2, 0.25) is 0 Å². The Hall–Kier alpha value is -0.160. The van der Waals surface area contributed by atoms with Gasteiger partial charge in [0.15, 0.2) is 6.29 Å². The van der Waals surface area contributed by atoms with E-state index in [1.807, 2.05) is 13.8 Å². The third-order valence-corrected chi connectivity index (χ3v) is 3.76. The maximum absolute atomic E-state index is 5.96. The third kappa shape index (κ3) is 5.65. The highest BCUT2D eigenvalue weighted by molar-refractivity contribution is 4.77. The van der Waals surface area contributed by atoms with Crippen LogP contribution in [0.15, 0.2) is 0 Å². The fourth-order valence-electron chi connectivity index (χ4n) is 2.58. The Kier molecular flexibility index (Phi) is 7.82. The topological polar surface area (TPSA) is 47.7 Å². The molecule has 1 rings (SSSR count). The molecule has 0 saturated carbocycles. The average Bonchev–Trinajstić information content (AvgIpc) is 2.37. The fourth-order valence-corrected chi connectivity index (χ4v) is 2.58. The molecule has 4 heteroatoms. The molecule has 0 aromatic carbocycles. The van der Waals surface area contributed by atoms with Crippen LogP contribution in [0.5, 0.6) is 0 Å². The fraction of sp³-hybridized carbons (Fsp3) is 1.00. The van der Waals surface area contributed by atoms with Crippen LogP contribution in [-0.4, -0.2) is 50.1 Å². The number of nitrogens with zero attached hydrogens (tertiary/aromatic N) is 1. The van der Waals surface area contributed by atoms with Gasteiger partial charge in [-0.25, -0.2) is 0 Å². The van der Waals surface area contributed by atoms with Crippen molar-refractivity contribution in [2.45, 2.75) is 52.4 Å². The number of hydrogen-bond acceptors (Lipinski definition) is 4. The first-order chi connectivity index (χ1) is 8.67. The van der Waals surface area contributed by atoms with Gasteiger partial charge in [0.05, 0.1) is 0 Å². The highest BCUT2D eigenvalue weighted by atomic mass is 16.7. The summed E-state index contributed by atoms with van der Waals surface area (Å²) in [7, 11) is 0. The molecule has 0 aromatic heterocycles. The molecule has 1 aliphatic rings. The Morgan fingerprint density at radius 3 is 2.17 bits per heavy atom. The molecule has 0 aromatic rings. The molecule has 4 nitrogen and oxygen atoms in total. The molecule has 1 saturated heterocycles. The van der Waals surface area contributed by atoms with Crippen LogP contribution in [0.4, 0.5) is 0 Å². The van der Waals surface area contributed by atoms with Crippen LogP contribution in [-0.2, 0) is 9.47 Å². The molecule has 0 bridgehead atoms. The lowest BCUT2D eigenvalue weighted by Crippen LogP contribution is -2.40. The summed E-state index contributed by atoms with van der Waals surface area (Å²) in [5, 5.41) is 0. The minimum Gasteiger partial charge on any atom is -0.353 e. The average molecular weight is 258 g/mol. The number of ether oxygens (including phenoxy) is 2. The summed E-state index contributed by atoms with van der Waals surface area (Å²) in [6.45, 7) is 11.0. The van der Waals surface area contributed by atoms with Crippen molar-refractivity contribution in [1.29, 1.82) is 0 Å². The van der Waals surface area contributed by atoms with Crippen molar-refractivity contribution in [3.8, 4) is 0 Å². The van der Waals surface area contributed by atoms with E-state index in [0.717, 1.165) is 39.3 Å². The normalized spacial score (nSPS) is 20.5. The molecule has 1 atom stereocenters. The van der Waals surface area contributed by atoms with Crippen LogP contribution in [0.3, 0.4) is 0 Å². The van der Waals surface area contributed by atoms with Gasteiger partial charge in [-0.2, -0.15) is 0 Å². The first kappa shape index (κ1) is 15.9. The minimum absolute atomic E-state index is 0.0360. The van der Waals surface area contributed by atoms with Crippen LogP contribution < -0.4 is 5.73 Å². The summed E-state index contributed by atoms with van der Waals surface area (Å²) in [5.74, 6) is 0.704. The second-order valence-electron chi connectivity index (χ2n) is 5.17. The van der Waals surface area contributed by atoms with E-state index in [2.05, 4.69) is 11.8 Å². The zero-order valence-electron chi connectivity index (χ0n) is 12.2. The van der Waals surface area contributed by atoms with Crippen LogP contribution >= 0.6 is 0 Å². The van der Waals surface area contributed by atoms with E-state index >= 15 is 0 Å². The summed E-state index contributed by atoms with van der Waals surface area (Å²) >= 11 is 0. The Labute approximate surface area is 112 Å². The molecular formula is C14H30N2O2. The van der Waals surface area contributed by atoms with Crippen molar-refractivity contribution in [2.75, 3.05) is 32.8 Å². The molecule has 0 aliphatic carbocycles. The maximum atomic E-state index is 5.96. The van der Waals surface area contributed by atoms with Gasteiger partial charge in [-0.1, -0.05) is 0 Å². The van der Waals surface area contributed by atoms with Gasteiger partial charge in [0.1, 0.15) is 0 Å². The van der Waals surface area contributed by atoms with Crippen molar-refractivity contribution in [3.05, 3.63) is 0 Å². The lowest BCUT2D eigenvalue weighted by atomic mass is 9.91. The summed E-state index contributed by atoms with van der Waals surface area (Å²) in [6.07, 6.45) is 3.38. The highest BCUT2D eigenvalue weighted by Crippen LogP contribution is 2.19. The molecule has 1 heterocycles. The Balaban J connectivity index is 2.19. The summed E-state index contributed by atoms with van der Waals surface area (Å²) in [4.78, 5) is 2.50. The molecular weight excluding hydrogens is 228 g/mol. The van der Waals surface area contributed by atoms with E-state index < -0.39 is 0 Å². The smallest absolute Gasteiger partial charge is 0.158 e. The Morgan fingerprint density at radius 2 is 1.72 bits per heavy atom. The van der Waals surface area contributed by atoms with E-state index in [9.17, 15) is 0 Å². The number of piperidine rings is 1. The second-order valence-corrected chi connectivity index (χ2v) is 5.17. The van der Waals surface area contributed by atoms with Gasteiger partial charge in [0.25, 0.3) is 0 Å². The van der Waals surface area contributed by atoms with E-state index in [-0.39, 0.29) is 6.29 Å². The van der Waals surface area contributed by atoms with Gasteiger partial charge in [-0.15, -0.1) is 0 Å². The van der Waals surface area contributed by atoms with Crippen molar-refractivity contribution < 1.29 is 9.47 Å². The molecule has 0 amide bonds. The standard InChI is InChI=1S/C14H30N2O2/c1-4-17-14(18-5-2)8-11-16-9-6-13(7-10-16)12(3)15/h12-14H,4-11,15H2,1-3H3. The number of nitrogens with two attached hydrogens (primary N) is 1. The highest BCUT2D eigenvalue weighted by Gasteiger charge is 2.22. The molecule has 0 radical (unpaired) electrons.